The summed E-state index contributed by atoms with van der Waals surface area (Å²) in [6.07, 6.45) is 1.78. The van der Waals surface area contributed by atoms with E-state index >= 15 is 0 Å². The van der Waals surface area contributed by atoms with Crippen LogP contribution in [0.15, 0.2) is 18.2 Å². The molecule has 0 spiro atoms. The predicted molar refractivity (Wildman–Crippen MR) is 49.0 cm³/mol. The second-order valence-corrected chi connectivity index (χ2v) is 2.57. The number of ether oxygens (including phenoxy) is 1. The Morgan fingerprint density at radius 3 is 2.79 bits per heavy atom. The van der Waals surface area contributed by atoms with E-state index < -0.39 is 4.92 Å². The molecule has 0 aromatic heterocycles. The Morgan fingerprint density at radius 2 is 2.29 bits per heavy atom. The maximum absolute atomic E-state index is 10.4. The molecule has 0 aliphatic heterocycles. The Kier molecular flexibility index (Phi) is 3.17. The highest BCUT2D eigenvalue weighted by Crippen LogP contribution is 2.24. The van der Waals surface area contributed by atoms with Gasteiger partial charge in [0.25, 0.3) is 5.69 Å². The lowest BCUT2D eigenvalue weighted by Crippen LogP contribution is -1.95. The molecule has 0 bridgehead atoms. The van der Waals surface area contributed by atoms with Crippen molar-refractivity contribution in [3.8, 4) is 5.75 Å². The highest BCUT2D eigenvalue weighted by atomic mass is 16.6. The molecule has 0 amide bonds. The van der Waals surface area contributed by atoms with Gasteiger partial charge >= 0.3 is 0 Å². The minimum atomic E-state index is -0.517. The molecule has 0 unspecified atom stereocenters. The van der Waals surface area contributed by atoms with Crippen LogP contribution in [0.5, 0.6) is 5.75 Å². The number of hydrogen-bond donors (Lipinski definition) is 0. The predicted octanol–water partition coefficient (Wildman–Crippen LogP) is 1.26. The Labute approximate surface area is 80.5 Å². The summed E-state index contributed by atoms with van der Waals surface area (Å²) in [5.74, 6) is 0.336. The fourth-order valence-electron chi connectivity index (χ4n) is 1.07. The molecule has 0 N–H and O–H groups in total. The van der Waals surface area contributed by atoms with E-state index in [2.05, 4.69) is 0 Å². The van der Waals surface area contributed by atoms with Crippen molar-refractivity contribution in [1.82, 2.24) is 0 Å². The normalized spacial score (nSPS) is 9.50. The lowest BCUT2D eigenvalue weighted by Gasteiger charge is -2.04. The first kappa shape index (κ1) is 10.2. The maximum Gasteiger partial charge on any atom is 0.273 e. The Hall–Kier alpha value is -1.91. The van der Waals surface area contributed by atoms with Crippen molar-refractivity contribution in [2.45, 2.75) is 6.42 Å². The SMILES string of the molecule is COc1cc([N+](=O)[O-])ccc1C[C]=O. The van der Waals surface area contributed by atoms with Crippen molar-refractivity contribution in [2.75, 3.05) is 7.11 Å². The summed E-state index contributed by atoms with van der Waals surface area (Å²) < 4.78 is 4.91. The summed E-state index contributed by atoms with van der Waals surface area (Å²) in [6.45, 7) is 0. The van der Waals surface area contributed by atoms with Crippen LogP contribution in [0.4, 0.5) is 5.69 Å². The van der Waals surface area contributed by atoms with Gasteiger partial charge in [-0.15, -0.1) is 0 Å². The summed E-state index contributed by atoms with van der Waals surface area (Å²) in [4.78, 5) is 20.0. The lowest BCUT2D eigenvalue weighted by molar-refractivity contribution is -0.384. The first-order chi connectivity index (χ1) is 6.69. The van der Waals surface area contributed by atoms with Crippen LogP contribution in [0.1, 0.15) is 5.56 Å². The van der Waals surface area contributed by atoms with E-state index in [-0.39, 0.29) is 12.1 Å². The van der Waals surface area contributed by atoms with Gasteiger partial charge in [0.2, 0.25) is 6.29 Å². The zero-order valence-electron chi connectivity index (χ0n) is 7.52. The van der Waals surface area contributed by atoms with Crippen LogP contribution in [0.25, 0.3) is 0 Å². The van der Waals surface area contributed by atoms with Crippen molar-refractivity contribution in [3.63, 3.8) is 0 Å². The van der Waals surface area contributed by atoms with E-state index in [0.717, 1.165) is 0 Å². The summed E-state index contributed by atoms with van der Waals surface area (Å²) >= 11 is 0. The van der Waals surface area contributed by atoms with E-state index in [9.17, 15) is 14.9 Å². The molecule has 1 radical (unpaired) electrons. The standard InChI is InChI=1S/C9H8NO4/c1-14-9-6-8(10(12)13)3-2-7(9)4-5-11/h2-3,6H,4H2,1H3. The van der Waals surface area contributed by atoms with Gasteiger partial charge in [-0.2, -0.15) is 0 Å². The van der Waals surface area contributed by atoms with Gasteiger partial charge in [0.1, 0.15) is 5.75 Å². The molecule has 0 atom stereocenters. The van der Waals surface area contributed by atoms with E-state index in [1.165, 1.54) is 25.3 Å². The second kappa shape index (κ2) is 4.36. The average molecular weight is 194 g/mol. The number of hydrogen-bond acceptors (Lipinski definition) is 4. The molecule has 0 aliphatic carbocycles. The van der Waals surface area contributed by atoms with Gasteiger partial charge in [-0.25, -0.2) is 0 Å². The number of non-ortho nitro benzene ring substituents is 1. The summed E-state index contributed by atoms with van der Waals surface area (Å²) in [6, 6.07) is 4.10. The van der Waals surface area contributed by atoms with E-state index in [1.807, 2.05) is 0 Å². The molecular weight excluding hydrogens is 186 g/mol. The van der Waals surface area contributed by atoms with Crippen molar-refractivity contribution >= 4 is 12.0 Å². The molecule has 14 heavy (non-hydrogen) atoms. The smallest absolute Gasteiger partial charge is 0.273 e. The number of methoxy groups -OCH3 is 1. The van der Waals surface area contributed by atoms with Gasteiger partial charge in [0.15, 0.2) is 0 Å². The van der Waals surface area contributed by atoms with Crippen LogP contribution in [0, 0.1) is 10.1 Å². The first-order valence-corrected chi connectivity index (χ1v) is 3.85. The van der Waals surface area contributed by atoms with Crippen LogP contribution in [0.2, 0.25) is 0 Å². The number of nitrogens with zero attached hydrogens (tertiary/aromatic N) is 1. The van der Waals surface area contributed by atoms with Gasteiger partial charge in [-0.1, -0.05) is 0 Å². The highest BCUT2D eigenvalue weighted by Gasteiger charge is 2.10. The molecular formula is C9H8NO4. The van der Waals surface area contributed by atoms with Gasteiger partial charge in [0.05, 0.1) is 18.1 Å². The quantitative estimate of drug-likeness (QED) is 0.534. The molecule has 0 aliphatic rings. The number of benzene rings is 1. The molecule has 1 aromatic rings. The number of nitro groups is 1. The zero-order valence-corrected chi connectivity index (χ0v) is 7.52. The third-order valence-electron chi connectivity index (χ3n) is 1.74. The second-order valence-electron chi connectivity index (χ2n) is 2.57. The lowest BCUT2D eigenvalue weighted by atomic mass is 10.1. The molecule has 0 fully saturated rings. The van der Waals surface area contributed by atoms with Crippen molar-refractivity contribution in [3.05, 3.63) is 33.9 Å². The summed E-state index contributed by atoms with van der Waals surface area (Å²) in [5, 5.41) is 10.4. The Balaban J connectivity index is 3.10. The molecule has 0 heterocycles. The summed E-state index contributed by atoms with van der Waals surface area (Å²) in [5.41, 5.74) is 0.532. The maximum atomic E-state index is 10.4. The minimum Gasteiger partial charge on any atom is -0.496 e. The molecule has 1 rings (SSSR count). The molecule has 0 saturated carbocycles. The summed E-state index contributed by atoms with van der Waals surface area (Å²) in [7, 11) is 1.40. The number of carbonyl (C=O) groups excluding carboxylic acids is 1. The van der Waals surface area contributed by atoms with Crippen LogP contribution in [-0.2, 0) is 11.2 Å². The van der Waals surface area contributed by atoms with Crippen molar-refractivity contribution in [1.29, 1.82) is 0 Å². The van der Waals surface area contributed by atoms with Gasteiger partial charge in [0, 0.05) is 18.1 Å². The minimum absolute atomic E-state index is 0.0588. The van der Waals surface area contributed by atoms with E-state index in [4.69, 9.17) is 4.74 Å². The largest absolute Gasteiger partial charge is 0.496 e. The monoisotopic (exact) mass is 194 g/mol. The molecule has 5 heteroatoms. The first-order valence-electron chi connectivity index (χ1n) is 3.85. The van der Waals surface area contributed by atoms with Gasteiger partial charge in [-0.05, 0) is 6.07 Å². The van der Waals surface area contributed by atoms with Crippen molar-refractivity contribution < 1.29 is 14.5 Å². The molecule has 73 valence electrons. The van der Waals surface area contributed by atoms with E-state index in [1.54, 1.807) is 6.29 Å². The average Bonchev–Trinajstić information content (AvgIpc) is 2.18. The third-order valence-corrected chi connectivity index (χ3v) is 1.74. The number of nitro benzene ring substituents is 1. The molecule has 1 aromatic carbocycles. The zero-order chi connectivity index (χ0) is 10.6. The molecule has 0 saturated heterocycles. The third kappa shape index (κ3) is 2.07. The van der Waals surface area contributed by atoms with Gasteiger partial charge < -0.3 is 4.74 Å². The fourth-order valence-corrected chi connectivity index (χ4v) is 1.07. The fraction of sp³-hybridized carbons (Fsp3) is 0.222. The topological polar surface area (TPSA) is 69.4 Å². The Morgan fingerprint density at radius 1 is 1.57 bits per heavy atom. The molecule has 5 nitrogen and oxygen atoms in total. The Bertz CT molecular complexity index is 362. The van der Waals surface area contributed by atoms with Crippen LogP contribution < -0.4 is 4.74 Å². The van der Waals surface area contributed by atoms with Crippen LogP contribution >= 0.6 is 0 Å². The van der Waals surface area contributed by atoms with E-state index in [0.29, 0.717) is 11.3 Å². The highest BCUT2D eigenvalue weighted by molar-refractivity contribution is 5.59. The van der Waals surface area contributed by atoms with Crippen molar-refractivity contribution in [2.24, 2.45) is 0 Å². The number of rotatable bonds is 4. The van der Waals surface area contributed by atoms with Crippen LogP contribution in [-0.4, -0.2) is 18.3 Å². The van der Waals surface area contributed by atoms with Gasteiger partial charge in [-0.3, -0.25) is 14.9 Å². The van der Waals surface area contributed by atoms with Crippen LogP contribution in [0.3, 0.4) is 0 Å².